The lowest BCUT2D eigenvalue weighted by Gasteiger charge is -2.10. The van der Waals surface area contributed by atoms with Crippen LogP contribution in [0.25, 0.3) is 0 Å². The van der Waals surface area contributed by atoms with Gasteiger partial charge in [0.05, 0.1) is 6.61 Å². The molecule has 2 N–H and O–H groups in total. The number of carbonyl (C=O) groups is 1. The highest BCUT2D eigenvalue weighted by atomic mass is 19.1. The highest BCUT2D eigenvalue weighted by molar-refractivity contribution is 5.84. The van der Waals surface area contributed by atoms with Crippen LogP contribution in [0.4, 0.5) is 9.18 Å². The Bertz CT molecular complexity index is 376. The fourth-order valence-electron chi connectivity index (χ4n) is 1.28. The molecule has 0 heterocycles. The maximum absolute atomic E-state index is 12.7. The monoisotopic (exact) mass is 224 g/mol. The van der Waals surface area contributed by atoms with Gasteiger partial charge in [0.25, 0.3) is 0 Å². The summed E-state index contributed by atoms with van der Waals surface area (Å²) in [6.07, 6.45) is 1.40. The van der Waals surface area contributed by atoms with Crippen LogP contribution in [0.3, 0.4) is 0 Å². The number of carbonyl (C=O) groups excluding carboxylic acids is 1. The van der Waals surface area contributed by atoms with Crippen LogP contribution in [0.5, 0.6) is 0 Å². The summed E-state index contributed by atoms with van der Waals surface area (Å²) in [6.45, 7) is 0.350. The Kier molecular flexibility index (Phi) is 4.60. The molecule has 1 rings (SSSR count). The number of aliphatic imine (C=N–C) groups is 1. The van der Waals surface area contributed by atoms with E-state index in [2.05, 4.69) is 4.99 Å². The zero-order valence-electron chi connectivity index (χ0n) is 8.89. The summed E-state index contributed by atoms with van der Waals surface area (Å²) in [5.74, 6) is -0.523. The molecule has 4 nitrogen and oxygen atoms in total. The molecule has 86 valence electrons. The van der Waals surface area contributed by atoms with Gasteiger partial charge in [0.15, 0.2) is 0 Å². The lowest BCUT2D eigenvalue weighted by Crippen LogP contribution is -2.11. The quantitative estimate of drug-likeness (QED) is 0.791. The Balaban J connectivity index is 2.84. The second-order valence-electron chi connectivity index (χ2n) is 3.23. The Morgan fingerprint density at radius 2 is 2.19 bits per heavy atom. The highest BCUT2D eigenvalue weighted by Crippen LogP contribution is 2.14. The topological polar surface area (TPSA) is 64.7 Å². The molecular formula is C11H13FN2O2. The van der Waals surface area contributed by atoms with Crippen molar-refractivity contribution in [3.05, 3.63) is 35.6 Å². The van der Waals surface area contributed by atoms with Gasteiger partial charge in [-0.05, 0) is 17.7 Å². The van der Waals surface area contributed by atoms with E-state index in [1.54, 1.807) is 12.1 Å². The summed E-state index contributed by atoms with van der Waals surface area (Å²) in [7, 11) is 1.54. The van der Waals surface area contributed by atoms with Crippen LogP contribution in [0, 0.1) is 5.82 Å². The summed E-state index contributed by atoms with van der Waals surface area (Å²) in [6, 6.07) is 5.16. The third kappa shape index (κ3) is 3.78. The first kappa shape index (κ1) is 12.3. The SMILES string of the molecule is COCC(C=NC(N)=O)c1ccc(F)cc1. The van der Waals surface area contributed by atoms with Gasteiger partial charge in [-0.3, -0.25) is 0 Å². The summed E-state index contributed by atoms with van der Waals surface area (Å²) >= 11 is 0. The second kappa shape index (κ2) is 5.97. The molecule has 0 saturated heterocycles. The molecule has 0 aromatic heterocycles. The minimum Gasteiger partial charge on any atom is -0.384 e. The normalized spacial score (nSPS) is 12.9. The molecule has 0 bridgehead atoms. The predicted molar refractivity (Wildman–Crippen MR) is 59.1 cm³/mol. The Labute approximate surface area is 92.9 Å². The van der Waals surface area contributed by atoms with Gasteiger partial charge in [-0.25, -0.2) is 14.2 Å². The van der Waals surface area contributed by atoms with Crippen molar-refractivity contribution in [3.8, 4) is 0 Å². The number of halogens is 1. The van der Waals surface area contributed by atoms with E-state index in [0.29, 0.717) is 6.61 Å². The minimum atomic E-state index is -0.761. The molecule has 5 heteroatoms. The van der Waals surface area contributed by atoms with Crippen LogP contribution in [0.15, 0.2) is 29.3 Å². The molecule has 2 amide bonds. The maximum Gasteiger partial charge on any atom is 0.337 e. The summed E-state index contributed by atoms with van der Waals surface area (Å²) < 4.78 is 17.7. The molecule has 0 fully saturated rings. The second-order valence-corrected chi connectivity index (χ2v) is 3.23. The first-order valence-electron chi connectivity index (χ1n) is 4.71. The van der Waals surface area contributed by atoms with Crippen LogP contribution >= 0.6 is 0 Å². The molecule has 1 aromatic carbocycles. The Hall–Kier alpha value is -1.75. The van der Waals surface area contributed by atoms with Gasteiger partial charge in [0.2, 0.25) is 0 Å². The number of hydrogen-bond donors (Lipinski definition) is 1. The molecule has 1 atom stereocenters. The number of urea groups is 1. The van der Waals surface area contributed by atoms with Crippen LogP contribution in [0.1, 0.15) is 11.5 Å². The molecule has 0 aliphatic rings. The fourth-order valence-corrected chi connectivity index (χ4v) is 1.28. The van der Waals surface area contributed by atoms with E-state index in [0.717, 1.165) is 5.56 Å². The number of primary amides is 1. The molecule has 0 radical (unpaired) electrons. The van der Waals surface area contributed by atoms with Crippen LogP contribution in [-0.4, -0.2) is 26.0 Å². The van der Waals surface area contributed by atoms with Crippen molar-refractivity contribution in [2.45, 2.75) is 5.92 Å². The zero-order chi connectivity index (χ0) is 12.0. The van der Waals surface area contributed by atoms with Gasteiger partial charge >= 0.3 is 6.03 Å². The van der Waals surface area contributed by atoms with E-state index in [4.69, 9.17) is 10.5 Å². The minimum absolute atomic E-state index is 0.210. The van der Waals surface area contributed by atoms with Crippen molar-refractivity contribution in [1.29, 1.82) is 0 Å². The molecule has 0 aliphatic heterocycles. The van der Waals surface area contributed by atoms with E-state index in [1.807, 2.05) is 0 Å². The van der Waals surface area contributed by atoms with E-state index in [9.17, 15) is 9.18 Å². The zero-order valence-corrected chi connectivity index (χ0v) is 8.89. The average molecular weight is 224 g/mol. The van der Waals surface area contributed by atoms with Crippen molar-refractivity contribution in [2.75, 3.05) is 13.7 Å². The first-order chi connectivity index (χ1) is 7.63. The standard InChI is InChI=1S/C11H13FN2O2/c1-16-7-9(6-14-11(13)15)8-2-4-10(12)5-3-8/h2-6,9H,7H2,1H3,(H2,13,15). The average Bonchev–Trinajstić information content (AvgIpc) is 2.25. The molecule has 0 spiro atoms. The molecule has 0 saturated carbocycles. The fraction of sp³-hybridized carbons (Fsp3) is 0.273. The van der Waals surface area contributed by atoms with Gasteiger partial charge in [-0.2, -0.15) is 0 Å². The largest absolute Gasteiger partial charge is 0.384 e. The van der Waals surface area contributed by atoms with Gasteiger partial charge in [-0.15, -0.1) is 0 Å². The van der Waals surface area contributed by atoms with E-state index >= 15 is 0 Å². The van der Waals surface area contributed by atoms with Crippen LogP contribution < -0.4 is 5.73 Å². The van der Waals surface area contributed by atoms with Gasteiger partial charge in [-0.1, -0.05) is 12.1 Å². The number of hydrogen-bond acceptors (Lipinski definition) is 2. The third-order valence-electron chi connectivity index (χ3n) is 2.03. The molecule has 16 heavy (non-hydrogen) atoms. The number of rotatable bonds is 4. The van der Waals surface area contributed by atoms with Crippen molar-refractivity contribution < 1.29 is 13.9 Å². The van der Waals surface area contributed by atoms with E-state index in [-0.39, 0.29) is 11.7 Å². The van der Waals surface area contributed by atoms with E-state index < -0.39 is 6.03 Å². The Morgan fingerprint density at radius 3 is 2.69 bits per heavy atom. The number of amides is 2. The van der Waals surface area contributed by atoms with Gasteiger partial charge in [0, 0.05) is 19.2 Å². The van der Waals surface area contributed by atoms with Crippen LogP contribution in [-0.2, 0) is 4.74 Å². The summed E-state index contributed by atoms with van der Waals surface area (Å²) in [5.41, 5.74) is 5.71. The number of benzene rings is 1. The number of methoxy groups -OCH3 is 1. The van der Waals surface area contributed by atoms with Crippen LogP contribution in [0.2, 0.25) is 0 Å². The summed E-state index contributed by atoms with van der Waals surface area (Å²) in [4.78, 5) is 14.0. The van der Waals surface area contributed by atoms with Gasteiger partial charge in [0.1, 0.15) is 5.82 Å². The smallest absolute Gasteiger partial charge is 0.337 e. The number of nitrogens with zero attached hydrogens (tertiary/aromatic N) is 1. The number of nitrogens with two attached hydrogens (primary N) is 1. The van der Waals surface area contributed by atoms with Crippen molar-refractivity contribution in [2.24, 2.45) is 10.7 Å². The van der Waals surface area contributed by atoms with Crippen molar-refractivity contribution in [1.82, 2.24) is 0 Å². The summed E-state index contributed by atoms with van der Waals surface area (Å²) in [5, 5.41) is 0. The number of ether oxygens (including phenoxy) is 1. The van der Waals surface area contributed by atoms with E-state index in [1.165, 1.54) is 25.5 Å². The first-order valence-corrected chi connectivity index (χ1v) is 4.71. The Morgan fingerprint density at radius 1 is 1.56 bits per heavy atom. The molecule has 1 aromatic rings. The van der Waals surface area contributed by atoms with Gasteiger partial charge < -0.3 is 10.5 Å². The molecule has 0 aliphatic carbocycles. The van der Waals surface area contributed by atoms with Crippen molar-refractivity contribution >= 4 is 12.2 Å². The maximum atomic E-state index is 12.7. The molecule has 1 unspecified atom stereocenters. The lowest BCUT2D eigenvalue weighted by molar-refractivity contribution is 0.196. The van der Waals surface area contributed by atoms with Crippen molar-refractivity contribution in [3.63, 3.8) is 0 Å². The third-order valence-corrected chi connectivity index (χ3v) is 2.03. The highest BCUT2D eigenvalue weighted by Gasteiger charge is 2.09. The predicted octanol–water partition coefficient (Wildman–Crippen LogP) is 1.71. The lowest BCUT2D eigenvalue weighted by atomic mass is 10.0. The molecular weight excluding hydrogens is 211 g/mol.